The molecular weight excluding hydrogens is 296 g/mol. The lowest BCUT2D eigenvalue weighted by Gasteiger charge is -2.20. The van der Waals surface area contributed by atoms with Gasteiger partial charge in [0.2, 0.25) is 0 Å². The average Bonchev–Trinajstić information content (AvgIpc) is 3.11. The summed E-state index contributed by atoms with van der Waals surface area (Å²) in [6.07, 6.45) is 1.54. The zero-order valence-corrected chi connectivity index (χ0v) is 13.8. The van der Waals surface area contributed by atoms with Crippen LogP contribution in [0.1, 0.15) is 24.2 Å². The predicted molar refractivity (Wildman–Crippen MR) is 87.8 cm³/mol. The highest BCUT2D eigenvalue weighted by Crippen LogP contribution is 2.29. The molecule has 1 heterocycles. The molecule has 0 bridgehead atoms. The van der Waals surface area contributed by atoms with E-state index in [0.29, 0.717) is 12.5 Å². The maximum absolute atomic E-state index is 5.42. The maximum Gasteiger partial charge on any atom is 0.191 e. The van der Waals surface area contributed by atoms with Crippen molar-refractivity contribution in [3.8, 4) is 11.5 Å². The summed E-state index contributed by atoms with van der Waals surface area (Å²) in [5.41, 5.74) is 1.79. The van der Waals surface area contributed by atoms with Crippen LogP contribution in [0, 0.1) is 0 Å². The number of guanidine groups is 1. The largest absolute Gasteiger partial charge is 0.497 e. The molecule has 1 aromatic heterocycles. The van der Waals surface area contributed by atoms with Gasteiger partial charge in [0.05, 0.1) is 26.8 Å². The minimum absolute atomic E-state index is 0.0245. The molecule has 2 rings (SSSR count). The summed E-state index contributed by atoms with van der Waals surface area (Å²) < 4.78 is 15.5. The fraction of sp³-hybridized carbons (Fsp3) is 0.375. The molecular formula is C16H22N4O3. The first kappa shape index (κ1) is 16.7. The Bertz CT molecular complexity index is 641. The van der Waals surface area contributed by atoms with E-state index in [4.69, 9.17) is 14.0 Å². The Morgan fingerprint density at radius 2 is 2.13 bits per heavy atom. The Labute approximate surface area is 135 Å². The van der Waals surface area contributed by atoms with E-state index in [1.807, 2.05) is 25.1 Å². The molecule has 0 radical (unpaired) electrons. The Morgan fingerprint density at radius 1 is 1.30 bits per heavy atom. The number of aromatic nitrogens is 1. The molecule has 0 amide bonds. The van der Waals surface area contributed by atoms with Crippen LogP contribution in [0.25, 0.3) is 0 Å². The first-order chi connectivity index (χ1) is 11.2. The van der Waals surface area contributed by atoms with E-state index < -0.39 is 0 Å². The molecule has 7 nitrogen and oxygen atoms in total. The molecule has 2 N–H and O–H groups in total. The van der Waals surface area contributed by atoms with Crippen LogP contribution in [0.3, 0.4) is 0 Å². The molecule has 1 unspecified atom stereocenters. The molecule has 2 aromatic rings. The summed E-state index contributed by atoms with van der Waals surface area (Å²) in [5.74, 6) is 2.23. The van der Waals surface area contributed by atoms with Crippen molar-refractivity contribution >= 4 is 5.96 Å². The lowest BCUT2D eigenvalue weighted by Crippen LogP contribution is -2.38. The third-order valence-corrected chi connectivity index (χ3v) is 3.41. The number of ether oxygens (including phenoxy) is 2. The van der Waals surface area contributed by atoms with Crippen LogP contribution < -0.4 is 20.1 Å². The van der Waals surface area contributed by atoms with Crippen LogP contribution >= 0.6 is 0 Å². The van der Waals surface area contributed by atoms with Crippen molar-refractivity contribution in [1.29, 1.82) is 0 Å². The van der Waals surface area contributed by atoms with E-state index in [1.54, 1.807) is 27.3 Å². The van der Waals surface area contributed by atoms with Gasteiger partial charge in [-0.05, 0) is 25.1 Å². The summed E-state index contributed by atoms with van der Waals surface area (Å²) in [6, 6.07) is 7.48. The molecule has 0 fully saturated rings. The van der Waals surface area contributed by atoms with Gasteiger partial charge in [0, 0.05) is 18.7 Å². The van der Waals surface area contributed by atoms with Gasteiger partial charge in [0.15, 0.2) is 5.96 Å². The lowest BCUT2D eigenvalue weighted by molar-refractivity contribution is 0.394. The molecule has 0 saturated carbocycles. The first-order valence-corrected chi connectivity index (χ1v) is 7.26. The van der Waals surface area contributed by atoms with Crippen molar-refractivity contribution in [3.63, 3.8) is 0 Å². The molecule has 1 atom stereocenters. The third kappa shape index (κ3) is 4.38. The third-order valence-electron chi connectivity index (χ3n) is 3.41. The van der Waals surface area contributed by atoms with Gasteiger partial charge in [0.25, 0.3) is 0 Å². The summed E-state index contributed by atoms with van der Waals surface area (Å²) in [5, 5.41) is 10.4. The van der Waals surface area contributed by atoms with Crippen LogP contribution in [-0.2, 0) is 6.54 Å². The zero-order chi connectivity index (χ0) is 16.7. The molecule has 0 aliphatic carbocycles. The van der Waals surface area contributed by atoms with Gasteiger partial charge in [0.1, 0.15) is 23.5 Å². The normalized spacial score (nSPS) is 12.6. The summed E-state index contributed by atoms with van der Waals surface area (Å²) in [7, 11) is 5.01. The highest BCUT2D eigenvalue weighted by atomic mass is 16.5. The Balaban J connectivity index is 2.05. The second-order valence-electron chi connectivity index (χ2n) is 4.89. The summed E-state index contributed by atoms with van der Waals surface area (Å²) in [4.78, 5) is 4.22. The van der Waals surface area contributed by atoms with Crippen LogP contribution in [0.4, 0.5) is 0 Å². The number of benzene rings is 1. The highest BCUT2D eigenvalue weighted by Gasteiger charge is 2.14. The van der Waals surface area contributed by atoms with Gasteiger partial charge in [-0.25, -0.2) is 0 Å². The molecule has 23 heavy (non-hydrogen) atoms. The standard InChI is InChI=1S/C16H22N4O3/c1-11(14-9-13(21-3)5-6-15(14)22-4)19-16(17-2)18-10-12-7-8-23-20-12/h5-9,11H,10H2,1-4H3,(H2,17,18,19). The molecule has 0 aliphatic rings. The van der Waals surface area contributed by atoms with Gasteiger partial charge in [-0.2, -0.15) is 0 Å². The fourth-order valence-corrected chi connectivity index (χ4v) is 2.16. The van der Waals surface area contributed by atoms with Crippen LogP contribution in [-0.4, -0.2) is 32.4 Å². The Morgan fingerprint density at radius 3 is 2.74 bits per heavy atom. The number of rotatable bonds is 6. The average molecular weight is 318 g/mol. The van der Waals surface area contributed by atoms with E-state index in [2.05, 4.69) is 20.8 Å². The van der Waals surface area contributed by atoms with Crippen molar-refractivity contribution in [3.05, 3.63) is 41.8 Å². The number of methoxy groups -OCH3 is 2. The first-order valence-electron chi connectivity index (χ1n) is 7.26. The van der Waals surface area contributed by atoms with E-state index in [-0.39, 0.29) is 6.04 Å². The van der Waals surface area contributed by atoms with Gasteiger partial charge in [-0.3, -0.25) is 4.99 Å². The minimum atomic E-state index is -0.0245. The lowest BCUT2D eigenvalue weighted by atomic mass is 10.1. The minimum Gasteiger partial charge on any atom is -0.497 e. The van der Waals surface area contributed by atoms with Gasteiger partial charge in [-0.15, -0.1) is 0 Å². The summed E-state index contributed by atoms with van der Waals surface area (Å²) >= 11 is 0. The monoisotopic (exact) mass is 318 g/mol. The molecule has 0 spiro atoms. The van der Waals surface area contributed by atoms with E-state index in [9.17, 15) is 0 Å². The highest BCUT2D eigenvalue weighted by molar-refractivity contribution is 5.80. The number of hydrogen-bond donors (Lipinski definition) is 2. The molecule has 7 heteroatoms. The SMILES string of the molecule is CN=C(NCc1ccon1)NC(C)c1cc(OC)ccc1OC. The van der Waals surface area contributed by atoms with E-state index >= 15 is 0 Å². The van der Waals surface area contributed by atoms with E-state index in [0.717, 1.165) is 22.8 Å². The van der Waals surface area contributed by atoms with Crippen molar-refractivity contribution in [2.75, 3.05) is 21.3 Å². The Hall–Kier alpha value is -2.70. The number of nitrogens with zero attached hydrogens (tertiary/aromatic N) is 2. The smallest absolute Gasteiger partial charge is 0.191 e. The van der Waals surface area contributed by atoms with Crippen molar-refractivity contribution in [2.45, 2.75) is 19.5 Å². The quantitative estimate of drug-likeness (QED) is 0.627. The van der Waals surface area contributed by atoms with Gasteiger partial charge < -0.3 is 24.6 Å². The zero-order valence-electron chi connectivity index (χ0n) is 13.8. The fourth-order valence-electron chi connectivity index (χ4n) is 2.16. The number of aliphatic imine (C=N–C) groups is 1. The van der Waals surface area contributed by atoms with Gasteiger partial charge >= 0.3 is 0 Å². The van der Waals surface area contributed by atoms with Crippen LogP contribution in [0.15, 0.2) is 40.0 Å². The van der Waals surface area contributed by atoms with E-state index in [1.165, 1.54) is 6.26 Å². The summed E-state index contributed by atoms with van der Waals surface area (Å²) in [6.45, 7) is 2.55. The van der Waals surface area contributed by atoms with Crippen molar-refractivity contribution in [1.82, 2.24) is 15.8 Å². The topological polar surface area (TPSA) is 80.9 Å². The Kier molecular flexibility index (Phi) is 5.85. The maximum atomic E-state index is 5.42. The number of hydrogen-bond acceptors (Lipinski definition) is 5. The van der Waals surface area contributed by atoms with Crippen LogP contribution in [0.2, 0.25) is 0 Å². The van der Waals surface area contributed by atoms with Gasteiger partial charge in [-0.1, -0.05) is 5.16 Å². The van der Waals surface area contributed by atoms with Crippen LogP contribution in [0.5, 0.6) is 11.5 Å². The molecule has 1 aromatic carbocycles. The second-order valence-corrected chi connectivity index (χ2v) is 4.89. The van der Waals surface area contributed by atoms with Crippen molar-refractivity contribution in [2.24, 2.45) is 4.99 Å². The second kappa shape index (κ2) is 8.07. The molecule has 0 saturated heterocycles. The predicted octanol–water partition coefficient (Wildman–Crippen LogP) is 2.12. The molecule has 0 aliphatic heterocycles. The molecule has 124 valence electrons. The van der Waals surface area contributed by atoms with Crippen molar-refractivity contribution < 1.29 is 14.0 Å². The number of nitrogens with one attached hydrogen (secondary N) is 2.